The van der Waals surface area contributed by atoms with E-state index in [4.69, 9.17) is 9.47 Å². The standard InChI is InChI=1S/C35H46N2O11/c1-33-13-10-22(38)18-21(33)5-6-23-24(33)11-14-34(2)25(23)12-15-35(34,44)29(40)19-48-31(42)9-8-30(41)36-26(32(43)47-3)16-20-4-7-28(39)27(17-20)37(45)46/h4,7,17-18,23-26,39,44-46H,5-6,8-16,19H2,1-3H3,(H,36,41)/p-1/t23-,24+,25-,26+,33+,34-,35+/m1/s1. The number of allylic oxidation sites excluding steroid dienone is 1. The number of carbonyl (C=O) groups excluding carboxylic acids is 5. The number of amides is 1. The number of benzene rings is 1. The fraction of sp³-hybridized carbons (Fsp3) is 0.629. The third kappa shape index (κ3) is 6.47. The van der Waals surface area contributed by atoms with E-state index >= 15 is 0 Å². The first kappa shape index (κ1) is 35.5. The summed E-state index contributed by atoms with van der Waals surface area (Å²) in [5.74, 6) is -2.44. The van der Waals surface area contributed by atoms with Crippen molar-refractivity contribution in [3.05, 3.63) is 35.4 Å². The average molecular weight is 670 g/mol. The van der Waals surface area contributed by atoms with E-state index in [0.29, 0.717) is 36.7 Å². The summed E-state index contributed by atoms with van der Waals surface area (Å²) in [4.78, 5) is 63.2. The quantitative estimate of drug-likeness (QED) is 0.198. The van der Waals surface area contributed by atoms with Crippen molar-refractivity contribution in [1.29, 1.82) is 0 Å². The van der Waals surface area contributed by atoms with Gasteiger partial charge in [-0.05, 0) is 85.8 Å². The van der Waals surface area contributed by atoms with Crippen LogP contribution in [0.1, 0.15) is 83.6 Å². The number of nitrogens with zero attached hydrogens (tertiary/aromatic N) is 1. The minimum absolute atomic E-state index is 0.0316. The van der Waals surface area contributed by atoms with E-state index in [0.717, 1.165) is 44.9 Å². The van der Waals surface area contributed by atoms with Crippen LogP contribution in [0.15, 0.2) is 29.8 Å². The molecule has 13 heteroatoms. The second-order valence-electron chi connectivity index (χ2n) is 14.3. The van der Waals surface area contributed by atoms with Crippen LogP contribution in [0.3, 0.4) is 0 Å². The summed E-state index contributed by atoms with van der Waals surface area (Å²) in [6.45, 7) is 3.65. The molecule has 48 heavy (non-hydrogen) atoms. The molecule has 0 bridgehead atoms. The molecule has 7 atom stereocenters. The normalized spacial score (nSPS) is 31.3. The molecule has 0 heterocycles. The van der Waals surface area contributed by atoms with Gasteiger partial charge in [-0.25, -0.2) is 4.79 Å². The number of carbonyl (C=O) groups is 5. The van der Waals surface area contributed by atoms with Gasteiger partial charge >= 0.3 is 11.9 Å². The highest BCUT2D eigenvalue weighted by atomic mass is 16.8. The van der Waals surface area contributed by atoms with Crippen molar-refractivity contribution < 1.29 is 54.1 Å². The summed E-state index contributed by atoms with van der Waals surface area (Å²) in [6, 6.07) is 2.38. The van der Waals surface area contributed by atoms with Crippen molar-refractivity contribution in [3.8, 4) is 5.75 Å². The molecule has 0 radical (unpaired) electrons. The number of Topliss-reactive ketones (excluding diaryl/α,β-unsaturated/α-hetero) is 1. The maximum Gasteiger partial charge on any atom is 0.328 e. The first-order valence-corrected chi connectivity index (χ1v) is 16.6. The van der Waals surface area contributed by atoms with E-state index in [1.54, 1.807) is 0 Å². The van der Waals surface area contributed by atoms with Crippen LogP contribution in [0.5, 0.6) is 5.75 Å². The summed E-state index contributed by atoms with van der Waals surface area (Å²) in [7, 11) is 1.13. The Kier molecular flexibility index (Phi) is 10.1. The van der Waals surface area contributed by atoms with Gasteiger partial charge < -0.3 is 25.0 Å². The Labute approximate surface area is 279 Å². The maximum atomic E-state index is 13.5. The Balaban J connectivity index is 1.14. The molecule has 262 valence electrons. The van der Waals surface area contributed by atoms with E-state index in [2.05, 4.69) is 12.2 Å². The zero-order valence-electron chi connectivity index (χ0n) is 27.7. The number of ether oxygens (including phenoxy) is 2. The Morgan fingerprint density at radius 3 is 2.48 bits per heavy atom. The molecule has 1 aromatic carbocycles. The van der Waals surface area contributed by atoms with Crippen molar-refractivity contribution in [2.24, 2.45) is 28.6 Å². The van der Waals surface area contributed by atoms with Crippen LogP contribution >= 0.6 is 0 Å². The van der Waals surface area contributed by atoms with Crippen molar-refractivity contribution in [2.45, 2.75) is 96.1 Å². The van der Waals surface area contributed by atoms with E-state index in [-0.39, 0.29) is 48.0 Å². The Hall–Kier alpha value is -3.81. The smallest absolute Gasteiger partial charge is 0.328 e. The van der Waals surface area contributed by atoms with Gasteiger partial charge in [0.25, 0.3) is 0 Å². The number of esters is 2. The molecule has 3 fully saturated rings. The number of rotatable bonds is 11. The monoisotopic (exact) mass is 669 g/mol. The molecule has 0 saturated heterocycles. The maximum absolute atomic E-state index is 13.5. The minimum atomic E-state index is -1.64. The largest absolute Gasteiger partial charge is 0.871 e. The molecular formula is C35H45N2O11-. The fourth-order valence-electron chi connectivity index (χ4n) is 9.27. The Morgan fingerprint density at radius 2 is 1.77 bits per heavy atom. The van der Waals surface area contributed by atoms with Gasteiger partial charge in [0.2, 0.25) is 11.7 Å². The van der Waals surface area contributed by atoms with Crippen LogP contribution in [0.4, 0.5) is 5.69 Å². The lowest BCUT2D eigenvalue weighted by Gasteiger charge is -2.58. The van der Waals surface area contributed by atoms with Crippen LogP contribution in [0, 0.1) is 28.6 Å². The molecule has 4 N–H and O–H groups in total. The predicted octanol–water partition coefficient (Wildman–Crippen LogP) is 2.70. The molecule has 5 rings (SSSR count). The molecule has 0 spiro atoms. The molecule has 1 aromatic rings. The highest BCUT2D eigenvalue weighted by Crippen LogP contribution is 2.67. The lowest BCUT2D eigenvalue weighted by atomic mass is 9.46. The summed E-state index contributed by atoms with van der Waals surface area (Å²) in [5, 5.41) is 44.2. The fourth-order valence-corrected chi connectivity index (χ4v) is 9.27. The van der Waals surface area contributed by atoms with Gasteiger partial charge in [-0.1, -0.05) is 37.3 Å². The molecule has 1 amide bonds. The summed E-state index contributed by atoms with van der Waals surface area (Å²) < 4.78 is 9.99. The number of fused-ring (bicyclic) bond motifs is 5. The molecule has 3 saturated carbocycles. The summed E-state index contributed by atoms with van der Waals surface area (Å²) in [5.41, 5.74) is -1.21. The number of ketones is 2. The van der Waals surface area contributed by atoms with Crippen LogP contribution in [0.25, 0.3) is 0 Å². The Morgan fingerprint density at radius 1 is 1.04 bits per heavy atom. The summed E-state index contributed by atoms with van der Waals surface area (Å²) >= 11 is 0. The second kappa shape index (κ2) is 13.6. The van der Waals surface area contributed by atoms with Gasteiger partial charge in [0.15, 0.2) is 12.4 Å². The topological polar surface area (TPSA) is 203 Å². The lowest BCUT2D eigenvalue weighted by Crippen LogP contribution is -2.58. The van der Waals surface area contributed by atoms with E-state index in [9.17, 15) is 44.6 Å². The SMILES string of the molecule is COC(=O)[C@H](Cc1ccc([O-])c(N(O)O)c1)NC(=O)CCC(=O)OCC(=O)[C@@]1(O)CC[C@@H]2[C@@H]3CCC4=CC(=O)CC[C@]4(C)[C@H]3CC[C@]21C. The van der Waals surface area contributed by atoms with Crippen LogP contribution in [-0.4, -0.2) is 70.3 Å². The van der Waals surface area contributed by atoms with Crippen LogP contribution in [0.2, 0.25) is 0 Å². The number of anilines is 1. The van der Waals surface area contributed by atoms with Gasteiger partial charge in [0.1, 0.15) is 11.6 Å². The van der Waals surface area contributed by atoms with Crippen molar-refractivity contribution in [1.82, 2.24) is 5.32 Å². The first-order valence-electron chi connectivity index (χ1n) is 16.6. The zero-order chi connectivity index (χ0) is 35.0. The van der Waals surface area contributed by atoms with Crippen LogP contribution in [-0.2, 0) is 39.9 Å². The van der Waals surface area contributed by atoms with Crippen molar-refractivity contribution in [2.75, 3.05) is 18.9 Å². The number of hydrogen-bond donors (Lipinski definition) is 4. The molecular weight excluding hydrogens is 624 g/mol. The van der Waals surface area contributed by atoms with E-state index in [1.165, 1.54) is 11.6 Å². The molecule has 0 aromatic heterocycles. The number of methoxy groups -OCH3 is 1. The van der Waals surface area contributed by atoms with Crippen molar-refractivity contribution >= 4 is 35.1 Å². The van der Waals surface area contributed by atoms with E-state index < -0.39 is 58.7 Å². The van der Waals surface area contributed by atoms with Gasteiger partial charge in [-0.3, -0.25) is 29.6 Å². The molecule has 4 aliphatic carbocycles. The van der Waals surface area contributed by atoms with Crippen LogP contribution < -0.4 is 15.6 Å². The zero-order valence-corrected chi connectivity index (χ0v) is 27.7. The number of nitrogens with one attached hydrogen (secondary N) is 1. The highest BCUT2D eigenvalue weighted by Gasteiger charge is 2.66. The van der Waals surface area contributed by atoms with Crippen molar-refractivity contribution in [3.63, 3.8) is 0 Å². The minimum Gasteiger partial charge on any atom is -0.871 e. The number of aliphatic hydroxyl groups is 1. The van der Waals surface area contributed by atoms with E-state index in [1.807, 2.05) is 13.0 Å². The average Bonchev–Trinajstić information content (AvgIpc) is 3.34. The van der Waals surface area contributed by atoms with Gasteiger partial charge in [0.05, 0.1) is 19.2 Å². The Bertz CT molecular complexity index is 1510. The molecule has 0 unspecified atom stereocenters. The third-order valence-corrected chi connectivity index (χ3v) is 12.0. The molecule has 0 aliphatic heterocycles. The highest BCUT2D eigenvalue weighted by molar-refractivity contribution is 5.92. The first-order chi connectivity index (χ1) is 22.6. The second-order valence-corrected chi connectivity index (χ2v) is 14.3. The molecule has 4 aliphatic rings. The summed E-state index contributed by atoms with van der Waals surface area (Å²) in [6.07, 6.45) is 6.64. The van der Waals surface area contributed by atoms with Gasteiger partial charge in [-0.2, -0.15) is 0 Å². The third-order valence-electron chi connectivity index (χ3n) is 12.0. The predicted molar refractivity (Wildman–Crippen MR) is 166 cm³/mol. The lowest BCUT2D eigenvalue weighted by molar-refractivity contribution is -0.268. The van der Waals surface area contributed by atoms with Gasteiger partial charge in [-0.15, -0.1) is 5.23 Å². The number of hydrogen-bond acceptors (Lipinski definition) is 12. The van der Waals surface area contributed by atoms with Gasteiger partial charge in [0, 0.05) is 24.7 Å². The molecule has 13 nitrogen and oxygen atoms in total.